The van der Waals surface area contributed by atoms with Crippen molar-refractivity contribution in [3.63, 3.8) is 0 Å². The van der Waals surface area contributed by atoms with E-state index in [1.165, 1.54) is 12.8 Å². The van der Waals surface area contributed by atoms with Gasteiger partial charge >= 0.3 is 0 Å². The lowest BCUT2D eigenvalue weighted by molar-refractivity contribution is 0.0105. The average Bonchev–Trinajstić information content (AvgIpc) is 2.75. The first-order valence-electron chi connectivity index (χ1n) is 9.05. The molecule has 1 saturated heterocycles. The Kier molecular flexibility index (Phi) is 5.27. The summed E-state index contributed by atoms with van der Waals surface area (Å²) >= 11 is 0. The van der Waals surface area contributed by atoms with Crippen molar-refractivity contribution < 1.29 is 9.53 Å². The van der Waals surface area contributed by atoms with Crippen molar-refractivity contribution >= 4 is 8.32 Å². The van der Waals surface area contributed by atoms with E-state index >= 15 is 0 Å². The van der Waals surface area contributed by atoms with Gasteiger partial charge in [0.25, 0.3) is 0 Å². The van der Waals surface area contributed by atoms with Gasteiger partial charge in [-0.1, -0.05) is 48.5 Å². The van der Waals surface area contributed by atoms with Crippen LogP contribution in [0.15, 0.2) is 0 Å². The van der Waals surface area contributed by atoms with Crippen LogP contribution in [0.1, 0.15) is 61.3 Å². The summed E-state index contributed by atoms with van der Waals surface area (Å²) in [5.41, 5.74) is 1.60. The molecule has 21 heavy (non-hydrogen) atoms. The second-order valence-electron chi connectivity index (χ2n) is 8.57. The number of aliphatic hydroxyl groups excluding tert-OH is 1. The fourth-order valence-electron chi connectivity index (χ4n) is 5.61. The molecule has 2 fully saturated rings. The molecule has 0 aromatic carbocycles. The highest BCUT2D eigenvalue weighted by atomic mass is 28.4. The number of rotatable bonds is 4. The third kappa shape index (κ3) is 2.64. The van der Waals surface area contributed by atoms with E-state index in [0.717, 1.165) is 0 Å². The predicted octanol–water partition coefficient (Wildman–Crippen LogP) is 4.83. The highest BCUT2D eigenvalue weighted by molar-refractivity contribution is 6.78. The zero-order chi connectivity index (χ0) is 15.9. The lowest BCUT2D eigenvalue weighted by Crippen LogP contribution is -2.47. The van der Waals surface area contributed by atoms with Crippen molar-refractivity contribution in [2.75, 3.05) is 6.61 Å². The van der Waals surface area contributed by atoms with Crippen molar-refractivity contribution in [1.82, 2.24) is 0 Å². The molecule has 1 saturated carbocycles. The van der Waals surface area contributed by atoms with Crippen LogP contribution in [0, 0.1) is 23.7 Å². The fraction of sp³-hybridized carbons (Fsp3) is 1.00. The molecule has 1 heterocycles. The summed E-state index contributed by atoms with van der Waals surface area (Å²) in [4.78, 5) is 0. The van der Waals surface area contributed by atoms with Crippen LogP contribution in [-0.4, -0.2) is 26.1 Å². The Balaban J connectivity index is 2.44. The first-order valence-corrected chi connectivity index (χ1v) is 11.2. The maximum Gasteiger partial charge on any atom is 0.203 e. The average molecular weight is 313 g/mol. The molecule has 0 spiro atoms. The number of hydrogen-bond donors (Lipinski definition) is 1. The Morgan fingerprint density at radius 2 is 1.62 bits per heavy atom. The topological polar surface area (TPSA) is 29.5 Å². The molecular weight excluding hydrogens is 276 g/mol. The Morgan fingerprint density at radius 3 is 2.05 bits per heavy atom. The van der Waals surface area contributed by atoms with Gasteiger partial charge in [0.2, 0.25) is 8.32 Å². The molecule has 0 amide bonds. The quantitative estimate of drug-likeness (QED) is 0.753. The molecule has 1 N–H and O–H groups in total. The van der Waals surface area contributed by atoms with E-state index in [1.54, 1.807) is 0 Å². The second-order valence-corrected chi connectivity index (χ2v) is 13.6. The van der Waals surface area contributed by atoms with Crippen LogP contribution in [0.4, 0.5) is 0 Å². The standard InChI is InChI=1S/C18H36O2Si/c1-11(2)15-9-8-14(7)17-16(10-19)21(12(3)4,13(5)6)20-18(15)17/h11-19H,8-10H2,1-7H3/t14-,15+,16-,17-,18-/m1/s1. The molecule has 0 bridgehead atoms. The van der Waals surface area contributed by atoms with Crippen LogP contribution in [0.3, 0.4) is 0 Å². The third-order valence-electron chi connectivity index (χ3n) is 6.66. The maximum atomic E-state index is 10.2. The van der Waals surface area contributed by atoms with Crippen LogP contribution >= 0.6 is 0 Å². The minimum atomic E-state index is -1.92. The van der Waals surface area contributed by atoms with E-state index in [2.05, 4.69) is 48.5 Å². The van der Waals surface area contributed by atoms with Gasteiger partial charge in [-0.2, -0.15) is 0 Å². The van der Waals surface area contributed by atoms with Crippen LogP contribution in [-0.2, 0) is 4.43 Å². The SMILES string of the molecule is CC(C)[C@@H]1CC[C@@H](C)[C@H]2[C@@H]1O[Si](C(C)C)(C(C)C)[C@@H]2CO. The Hall–Kier alpha value is 0.137. The van der Waals surface area contributed by atoms with Crippen molar-refractivity contribution in [2.45, 2.75) is 84.0 Å². The molecule has 2 aliphatic rings. The highest BCUT2D eigenvalue weighted by Crippen LogP contribution is 2.59. The summed E-state index contributed by atoms with van der Waals surface area (Å²) in [6.07, 6.45) is 3.02. The van der Waals surface area contributed by atoms with Gasteiger partial charge in [-0.25, -0.2) is 0 Å². The van der Waals surface area contributed by atoms with E-state index in [-0.39, 0.29) is 0 Å². The van der Waals surface area contributed by atoms with Crippen molar-refractivity contribution in [1.29, 1.82) is 0 Å². The van der Waals surface area contributed by atoms with Crippen molar-refractivity contribution in [2.24, 2.45) is 23.7 Å². The summed E-state index contributed by atoms with van der Waals surface area (Å²) in [5, 5.41) is 10.2. The normalized spacial score (nSPS) is 39.3. The molecular formula is C18H36O2Si. The molecule has 1 aliphatic heterocycles. The molecule has 0 radical (unpaired) electrons. The summed E-state index contributed by atoms with van der Waals surface area (Å²) in [5.74, 6) is 2.67. The summed E-state index contributed by atoms with van der Waals surface area (Å²) < 4.78 is 7.00. The van der Waals surface area contributed by atoms with Crippen LogP contribution < -0.4 is 0 Å². The monoisotopic (exact) mass is 312 g/mol. The van der Waals surface area contributed by atoms with Crippen LogP contribution in [0.5, 0.6) is 0 Å². The summed E-state index contributed by atoms with van der Waals surface area (Å²) in [7, 11) is -1.92. The van der Waals surface area contributed by atoms with Gasteiger partial charge in [0.05, 0.1) is 6.10 Å². The Morgan fingerprint density at radius 1 is 1.05 bits per heavy atom. The fourth-order valence-corrected chi connectivity index (χ4v) is 11.6. The minimum Gasteiger partial charge on any atom is -0.412 e. The highest BCUT2D eigenvalue weighted by Gasteiger charge is 2.63. The zero-order valence-corrected chi connectivity index (χ0v) is 16.1. The first-order chi connectivity index (χ1) is 9.77. The van der Waals surface area contributed by atoms with E-state index in [9.17, 15) is 5.11 Å². The molecule has 0 aromatic heterocycles. The predicted molar refractivity (Wildman–Crippen MR) is 91.9 cm³/mol. The zero-order valence-electron chi connectivity index (χ0n) is 15.1. The van der Waals surface area contributed by atoms with Crippen LogP contribution in [0.2, 0.25) is 16.6 Å². The molecule has 5 atom stereocenters. The summed E-state index contributed by atoms with van der Waals surface area (Å²) in [6, 6.07) is 0. The van der Waals surface area contributed by atoms with Gasteiger partial charge in [0.1, 0.15) is 0 Å². The van der Waals surface area contributed by atoms with Crippen LogP contribution in [0.25, 0.3) is 0 Å². The number of aliphatic hydroxyl groups is 1. The Labute approximate surface area is 132 Å². The van der Waals surface area contributed by atoms with Gasteiger partial charge < -0.3 is 9.53 Å². The first kappa shape index (κ1) is 17.5. The lowest BCUT2D eigenvalue weighted by atomic mass is 9.68. The summed E-state index contributed by atoms with van der Waals surface area (Å²) in [6.45, 7) is 16.8. The van der Waals surface area contributed by atoms with Gasteiger partial charge in [0, 0.05) is 12.1 Å². The van der Waals surface area contributed by atoms with Gasteiger partial charge in [-0.3, -0.25) is 0 Å². The molecule has 2 nitrogen and oxygen atoms in total. The van der Waals surface area contributed by atoms with E-state index in [1.807, 2.05) is 0 Å². The van der Waals surface area contributed by atoms with Gasteiger partial charge in [-0.05, 0) is 47.6 Å². The smallest absolute Gasteiger partial charge is 0.203 e. The van der Waals surface area contributed by atoms with E-state index < -0.39 is 8.32 Å². The number of fused-ring (bicyclic) bond motifs is 1. The molecule has 3 heteroatoms. The van der Waals surface area contributed by atoms with Gasteiger partial charge in [-0.15, -0.1) is 0 Å². The van der Waals surface area contributed by atoms with Gasteiger partial charge in [0.15, 0.2) is 0 Å². The molecule has 0 unspecified atom stereocenters. The maximum absolute atomic E-state index is 10.2. The van der Waals surface area contributed by atoms with E-state index in [0.29, 0.717) is 53.0 Å². The molecule has 2 rings (SSSR count). The molecule has 1 aliphatic carbocycles. The minimum absolute atomic E-state index is 0.332. The Bertz CT molecular complexity index is 345. The van der Waals surface area contributed by atoms with Crippen molar-refractivity contribution in [3.8, 4) is 0 Å². The largest absolute Gasteiger partial charge is 0.412 e. The third-order valence-corrected chi connectivity index (χ3v) is 12.7. The molecule has 0 aromatic rings. The van der Waals surface area contributed by atoms with E-state index in [4.69, 9.17) is 4.43 Å². The lowest BCUT2D eigenvalue weighted by Gasteiger charge is -2.41. The molecule has 124 valence electrons. The number of hydrogen-bond acceptors (Lipinski definition) is 2. The second kappa shape index (κ2) is 6.33. The van der Waals surface area contributed by atoms with Crippen molar-refractivity contribution in [3.05, 3.63) is 0 Å².